The quantitative estimate of drug-likeness (QED) is 0.140. The number of hydrogen-bond acceptors (Lipinski definition) is 9. The van der Waals surface area contributed by atoms with Gasteiger partial charge in [-0.25, -0.2) is 13.4 Å². The van der Waals surface area contributed by atoms with E-state index in [4.69, 9.17) is 11.6 Å². The van der Waals surface area contributed by atoms with E-state index < -0.39 is 46.0 Å². The maximum Gasteiger partial charge on any atom is 0.251 e. The number of amides is 4. The van der Waals surface area contributed by atoms with Crippen LogP contribution >= 0.6 is 22.9 Å². The van der Waals surface area contributed by atoms with E-state index in [1.807, 2.05) is 25.3 Å². The molecule has 0 saturated carbocycles. The van der Waals surface area contributed by atoms with Gasteiger partial charge >= 0.3 is 0 Å². The topological polar surface area (TPSA) is 179 Å². The Hall–Kier alpha value is -4.05. The molecule has 0 unspecified atom stereocenters. The van der Waals surface area contributed by atoms with E-state index >= 15 is 0 Å². The molecule has 3 rings (SSSR count). The smallest absolute Gasteiger partial charge is 0.251 e. The summed E-state index contributed by atoms with van der Waals surface area (Å²) >= 11 is 7.53. The molecule has 4 atom stereocenters. The SMILES string of the molecule is CCNC(=O)[C@@H](NC(=O)[C@H](C)NC[C@H](Cc1cscn1)NC(=O)c1cc(C(=O)N[C@H](C)c2cccc(Cl)c2)cc(N(C)S(C)(=O)=O)c1)C(C)C. The van der Waals surface area contributed by atoms with Crippen LogP contribution in [-0.4, -0.2) is 81.5 Å². The lowest BCUT2D eigenvalue weighted by Crippen LogP contribution is -2.55. The van der Waals surface area contributed by atoms with Crippen LogP contribution in [0.3, 0.4) is 0 Å². The van der Waals surface area contributed by atoms with Gasteiger partial charge in [-0.3, -0.25) is 23.5 Å². The van der Waals surface area contributed by atoms with Gasteiger partial charge in [0.1, 0.15) is 6.04 Å². The average Bonchev–Trinajstić information content (AvgIpc) is 3.57. The minimum absolute atomic E-state index is 0.0503. The fraction of sp³-hybridized carbons (Fsp3) is 0.441. The number of anilines is 1. The molecule has 2 aromatic carbocycles. The minimum Gasteiger partial charge on any atom is -0.355 e. The van der Waals surface area contributed by atoms with E-state index in [0.717, 1.165) is 21.8 Å². The molecule has 0 radical (unpaired) electrons. The third-order valence-electron chi connectivity index (χ3n) is 7.94. The molecular formula is C34H46ClN7O6S2. The lowest BCUT2D eigenvalue weighted by molar-refractivity contribution is -0.130. The zero-order valence-corrected chi connectivity index (χ0v) is 31.6. The Bertz CT molecular complexity index is 1750. The number of aromatic nitrogens is 1. The summed E-state index contributed by atoms with van der Waals surface area (Å²) in [4.78, 5) is 57.2. The van der Waals surface area contributed by atoms with Gasteiger partial charge in [0.05, 0.1) is 35.2 Å². The van der Waals surface area contributed by atoms with Crippen molar-refractivity contribution in [1.82, 2.24) is 31.6 Å². The summed E-state index contributed by atoms with van der Waals surface area (Å²) in [5.41, 5.74) is 3.39. The Balaban J connectivity index is 1.85. The predicted octanol–water partition coefficient (Wildman–Crippen LogP) is 3.28. The van der Waals surface area contributed by atoms with Crippen molar-refractivity contribution in [3.8, 4) is 0 Å². The Morgan fingerprint density at radius 2 is 1.60 bits per heavy atom. The summed E-state index contributed by atoms with van der Waals surface area (Å²) in [6.07, 6.45) is 1.34. The van der Waals surface area contributed by atoms with Crippen LogP contribution in [0.2, 0.25) is 5.02 Å². The van der Waals surface area contributed by atoms with Crippen molar-refractivity contribution in [2.24, 2.45) is 5.92 Å². The molecule has 50 heavy (non-hydrogen) atoms. The van der Waals surface area contributed by atoms with Crippen molar-refractivity contribution in [2.75, 3.05) is 30.7 Å². The van der Waals surface area contributed by atoms with Gasteiger partial charge in [-0.05, 0) is 62.6 Å². The highest BCUT2D eigenvalue weighted by Crippen LogP contribution is 2.23. The largest absolute Gasteiger partial charge is 0.355 e. The number of likely N-dealkylation sites (N-methyl/N-ethyl adjacent to an activating group) is 1. The molecule has 1 aromatic heterocycles. The maximum atomic E-state index is 13.8. The number of benzene rings is 2. The summed E-state index contributed by atoms with van der Waals surface area (Å²) in [5, 5.41) is 16.9. The minimum atomic E-state index is -3.74. The highest BCUT2D eigenvalue weighted by atomic mass is 35.5. The van der Waals surface area contributed by atoms with E-state index in [1.165, 1.54) is 36.6 Å². The third kappa shape index (κ3) is 11.8. The molecule has 0 aliphatic heterocycles. The van der Waals surface area contributed by atoms with Crippen molar-refractivity contribution in [2.45, 2.75) is 65.2 Å². The first kappa shape index (κ1) is 40.4. The van der Waals surface area contributed by atoms with Crippen molar-refractivity contribution in [3.63, 3.8) is 0 Å². The first-order chi connectivity index (χ1) is 23.5. The lowest BCUT2D eigenvalue weighted by Gasteiger charge is -2.25. The molecule has 1 heterocycles. The summed E-state index contributed by atoms with van der Waals surface area (Å²) in [6, 6.07) is 8.77. The van der Waals surface area contributed by atoms with E-state index in [-0.39, 0.29) is 41.1 Å². The van der Waals surface area contributed by atoms with Crippen LogP contribution in [0.4, 0.5) is 5.69 Å². The molecule has 0 bridgehead atoms. The molecule has 5 N–H and O–H groups in total. The average molecular weight is 748 g/mol. The van der Waals surface area contributed by atoms with Crippen LogP contribution in [0.1, 0.15) is 72.6 Å². The Morgan fingerprint density at radius 3 is 2.16 bits per heavy atom. The fourth-order valence-electron chi connectivity index (χ4n) is 4.93. The van der Waals surface area contributed by atoms with E-state index in [1.54, 1.807) is 44.5 Å². The predicted molar refractivity (Wildman–Crippen MR) is 197 cm³/mol. The molecule has 272 valence electrons. The van der Waals surface area contributed by atoms with Crippen LogP contribution in [0.15, 0.2) is 53.4 Å². The van der Waals surface area contributed by atoms with Gasteiger partial charge in [0, 0.05) is 54.1 Å². The fourth-order valence-corrected chi connectivity index (χ4v) is 6.19. The van der Waals surface area contributed by atoms with Crippen LogP contribution in [0, 0.1) is 5.92 Å². The monoisotopic (exact) mass is 747 g/mol. The zero-order valence-electron chi connectivity index (χ0n) is 29.2. The Morgan fingerprint density at radius 1 is 0.940 bits per heavy atom. The van der Waals surface area contributed by atoms with Gasteiger partial charge in [-0.15, -0.1) is 11.3 Å². The lowest BCUT2D eigenvalue weighted by atomic mass is 10.0. The molecule has 3 aromatic rings. The van der Waals surface area contributed by atoms with E-state index in [2.05, 4.69) is 31.6 Å². The number of thiazole rings is 1. The highest BCUT2D eigenvalue weighted by molar-refractivity contribution is 7.92. The molecule has 0 spiro atoms. The first-order valence-corrected chi connectivity index (χ1v) is 19.3. The number of sulfonamides is 1. The number of nitrogens with zero attached hydrogens (tertiary/aromatic N) is 2. The van der Waals surface area contributed by atoms with Crippen molar-refractivity contribution in [1.29, 1.82) is 0 Å². The molecule has 0 aliphatic rings. The van der Waals surface area contributed by atoms with Gasteiger partial charge in [-0.1, -0.05) is 37.6 Å². The van der Waals surface area contributed by atoms with Gasteiger partial charge in [0.25, 0.3) is 11.8 Å². The zero-order chi connectivity index (χ0) is 37.2. The van der Waals surface area contributed by atoms with Gasteiger partial charge < -0.3 is 26.6 Å². The number of carbonyl (C=O) groups is 4. The second-order valence-corrected chi connectivity index (χ2v) is 15.5. The Labute approximate surface area is 303 Å². The molecule has 0 fully saturated rings. The molecule has 0 aliphatic carbocycles. The number of rotatable bonds is 17. The van der Waals surface area contributed by atoms with Crippen molar-refractivity contribution in [3.05, 3.63) is 80.8 Å². The van der Waals surface area contributed by atoms with Gasteiger partial charge in [0.2, 0.25) is 21.8 Å². The number of halogens is 1. The van der Waals surface area contributed by atoms with Crippen molar-refractivity contribution < 1.29 is 27.6 Å². The van der Waals surface area contributed by atoms with Gasteiger partial charge in [-0.2, -0.15) is 0 Å². The summed E-state index contributed by atoms with van der Waals surface area (Å²) in [5.74, 6) is -1.89. The number of carbonyl (C=O) groups excluding carboxylic acids is 4. The number of nitrogens with one attached hydrogen (secondary N) is 5. The summed E-state index contributed by atoms with van der Waals surface area (Å²) < 4.78 is 25.9. The molecular weight excluding hydrogens is 702 g/mol. The maximum absolute atomic E-state index is 13.8. The molecule has 4 amide bonds. The highest BCUT2D eigenvalue weighted by Gasteiger charge is 2.27. The summed E-state index contributed by atoms with van der Waals surface area (Å²) in [7, 11) is -2.41. The number of hydrogen-bond donors (Lipinski definition) is 5. The molecule has 0 saturated heterocycles. The normalized spacial score (nSPS) is 13.9. The van der Waals surface area contributed by atoms with Crippen LogP contribution < -0.4 is 30.9 Å². The van der Waals surface area contributed by atoms with E-state index in [9.17, 15) is 27.6 Å². The Kier molecular flexibility index (Phi) is 14.7. The second-order valence-electron chi connectivity index (χ2n) is 12.4. The first-order valence-electron chi connectivity index (χ1n) is 16.1. The van der Waals surface area contributed by atoms with Crippen LogP contribution in [0.5, 0.6) is 0 Å². The van der Waals surface area contributed by atoms with E-state index in [0.29, 0.717) is 18.0 Å². The second kappa shape index (κ2) is 18.3. The van der Waals surface area contributed by atoms with Crippen LogP contribution in [0.25, 0.3) is 0 Å². The third-order valence-corrected chi connectivity index (χ3v) is 10.0. The van der Waals surface area contributed by atoms with Crippen LogP contribution in [-0.2, 0) is 26.0 Å². The molecule has 16 heteroatoms. The van der Waals surface area contributed by atoms with Gasteiger partial charge in [0.15, 0.2) is 0 Å². The summed E-state index contributed by atoms with van der Waals surface area (Å²) in [6.45, 7) is 9.52. The molecule has 13 nitrogen and oxygen atoms in total. The standard InChI is InChI=1S/C34H46ClN7O6S2/c1-8-36-34(46)30(20(2)3)41-31(43)22(5)37-17-27(16-28-18-49-19-38-28)40-33(45)25-12-24(14-29(15-25)42(6)50(7,47)48)32(44)39-21(4)23-10-9-11-26(35)13-23/h9-15,18-22,27,30,37H,8,16-17H2,1-7H3,(H,36,46)(H,39,44)(H,40,45)(H,41,43)/t21-,22+,27+,30+/m1/s1. The van der Waals surface area contributed by atoms with Crippen molar-refractivity contribution >= 4 is 62.3 Å².